The number of hydrogen-bond donors (Lipinski definition) is 1. The minimum absolute atomic E-state index is 0.121. The fraction of sp³-hybridized carbons (Fsp3) is 0.250. The molecule has 0 aliphatic rings. The first-order chi connectivity index (χ1) is 14.5. The van der Waals surface area contributed by atoms with Crippen LogP contribution in [0.5, 0.6) is 0 Å². The van der Waals surface area contributed by atoms with Gasteiger partial charge in [0, 0.05) is 12.2 Å². The highest BCUT2D eigenvalue weighted by atomic mass is 32.2. The van der Waals surface area contributed by atoms with Gasteiger partial charge in [-0.05, 0) is 50.4 Å². The first kappa shape index (κ1) is 20.3. The second-order valence-corrected chi connectivity index (χ2v) is 8.50. The normalized spacial score (nSPS) is 11.0. The van der Waals surface area contributed by atoms with E-state index < -0.39 is 0 Å². The predicted octanol–water partition coefficient (Wildman–Crippen LogP) is 3.95. The van der Waals surface area contributed by atoms with Gasteiger partial charge < -0.3 is 9.88 Å². The summed E-state index contributed by atoms with van der Waals surface area (Å²) in [6, 6.07) is 9.66. The van der Waals surface area contributed by atoms with Crippen LogP contribution in [-0.4, -0.2) is 41.2 Å². The Balaban J connectivity index is 1.38. The molecule has 0 saturated carbocycles. The van der Waals surface area contributed by atoms with E-state index in [1.807, 2.05) is 61.1 Å². The SMILES string of the molecule is CCn1c(SCC(=O)Nc2ccc(-n3nc(C)cc3C)nc2)nnc1-c1cccs1. The Kier molecular flexibility index (Phi) is 5.96. The van der Waals surface area contributed by atoms with Gasteiger partial charge in [0.1, 0.15) is 0 Å². The molecule has 0 aromatic carbocycles. The van der Waals surface area contributed by atoms with Gasteiger partial charge in [-0.1, -0.05) is 17.8 Å². The van der Waals surface area contributed by atoms with Crippen molar-refractivity contribution in [1.82, 2.24) is 29.5 Å². The first-order valence-corrected chi connectivity index (χ1v) is 11.3. The molecule has 4 aromatic rings. The molecule has 0 saturated heterocycles. The van der Waals surface area contributed by atoms with Crippen LogP contribution in [-0.2, 0) is 11.3 Å². The number of thiophene rings is 1. The molecule has 1 N–H and O–H groups in total. The highest BCUT2D eigenvalue weighted by Gasteiger charge is 2.15. The monoisotopic (exact) mass is 439 g/mol. The van der Waals surface area contributed by atoms with Crippen molar-refractivity contribution in [2.75, 3.05) is 11.1 Å². The molecule has 154 valence electrons. The number of anilines is 1. The number of pyridine rings is 1. The average molecular weight is 440 g/mol. The second kappa shape index (κ2) is 8.80. The van der Waals surface area contributed by atoms with Crippen LogP contribution in [0.15, 0.2) is 47.1 Å². The molecule has 8 nitrogen and oxygen atoms in total. The summed E-state index contributed by atoms with van der Waals surface area (Å²) in [5.41, 5.74) is 2.59. The number of rotatable bonds is 7. The molecule has 0 spiro atoms. The number of aryl methyl sites for hydroxylation is 2. The molecule has 0 aliphatic carbocycles. The Morgan fingerprint density at radius 1 is 1.23 bits per heavy atom. The van der Waals surface area contributed by atoms with Gasteiger partial charge in [0.05, 0.1) is 28.2 Å². The van der Waals surface area contributed by atoms with Crippen molar-refractivity contribution in [3.63, 3.8) is 0 Å². The number of nitrogens with one attached hydrogen (secondary N) is 1. The molecule has 0 bridgehead atoms. The Hall–Kier alpha value is -2.98. The quantitative estimate of drug-likeness (QED) is 0.439. The lowest BCUT2D eigenvalue weighted by molar-refractivity contribution is -0.113. The van der Waals surface area contributed by atoms with Crippen molar-refractivity contribution in [1.29, 1.82) is 0 Å². The fourth-order valence-corrected chi connectivity index (χ4v) is 4.56. The van der Waals surface area contributed by atoms with Crippen LogP contribution in [0.25, 0.3) is 16.5 Å². The highest BCUT2D eigenvalue weighted by molar-refractivity contribution is 7.99. The lowest BCUT2D eigenvalue weighted by Crippen LogP contribution is -2.15. The number of carbonyl (C=O) groups excluding carboxylic acids is 1. The standard InChI is InChI=1S/C20H21N7OS2/c1-4-26-19(16-6-5-9-29-16)23-24-20(26)30-12-18(28)22-15-7-8-17(21-11-15)27-14(3)10-13(2)25-27/h5-11H,4,12H2,1-3H3,(H,22,28). The number of carbonyl (C=O) groups is 1. The van der Waals surface area contributed by atoms with Gasteiger partial charge in [-0.15, -0.1) is 21.5 Å². The number of amides is 1. The smallest absolute Gasteiger partial charge is 0.234 e. The van der Waals surface area contributed by atoms with Crippen LogP contribution in [0, 0.1) is 13.8 Å². The number of hydrogen-bond acceptors (Lipinski definition) is 7. The second-order valence-electron chi connectivity index (χ2n) is 6.61. The van der Waals surface area contributed by atoms with E-state index >= 15 is 0 Å². The van der Waals surface area contributed by atoms with Crippen LogP contribution >= 0.6 is 23.1 Å². The van der Waals surface area contributed by atoms with E-state index in [0.29, 0.717) is 11.5 Å². The summed E-state index contributed by atoms with van der Waals surface area (Å²) >= 11 is 2.99. The molecule has 4 aromatic heterocycles. The summed E-state index contributed by atoms with van der Waals surface area (Å²) in [4.78, 5) is 17.9. The topological polar surface area (TPSA) is 90.5 Å². The third-order valence-corrected chi connectivity index (χ3v) is 6.20. The fourth-order valence-electron chi connectivity index (χ4n) is 3.04. The minimum Gasteiger partial charge on any atom is -0.324 e. The molecular formula is C20H21N7OS2. The highest BCUT2D eigenvalue weighted by Crippen LogP contribution is 2.27. The van der Waals surface area contributed by atoms with Crippen molar-refractivity contribution in [3.8, 4) is 16.5 Å². The van der Waals surface area contributed by atoms with Gasteiger partial charge >= 0.3 is 0 Å². The summed E-state index contributed by atoms with van der Waals surface area (Å²) in [6.45, 7) is 6.70. The van der Waals surface area contributed by atoms with Gasteiger partial charge in [0.25, 0.3) is 0 Å². The summed E-state index contributed by atoms with van der Waals surface area (Å²) < 4.78 is 3.80. The lowest BCUT2D eigenvalue weighted by atomic mass is 10.4. The van der Waals surface area contributed by atoms with Crippen LogP contribution < -0.4 is 5.32 Å². The Morgan fingerprint density at radius 2 is 2.10 bits per heavy atom. The van der Waals surface area contributed by atoms with Crippen molar-refractivity contribution in [2.45, 2.75) is 32.5 Å². The molecule has 4 rings (SSSR count). The van der Waals surface area contributed by atoms with E-state index in [1.165, 1.54) is 11.8 Å². The molecule has 1 amide bonds. The zero-order valence-electron chi connectivity index (χ0n) is 16.9. The van der Waals surface area contributed by atoms with Crippen molar-refractivity contribution < 1.29 is 4.79 Å². The molecule has 0 radical (unpaired) electrons. The largest absolute Gasteiger partial charge is 0.324 e. The Labute approximate surface area is 182 Å². The van der Waals surface area contributed by atoms with Crippen LogP contribution in [0.2, 0.25) is 0 Å². The third-order valence-electron chi connectivity index (χ3n) is 4.37. The average Bonchev–Trinajstić information content (AvgIpc) is 3.46. The van der Waals surface area contributed by atoms with Crippen molar-refractivity contribution in [3.05, 3.63) is 53.3 Å². The zero-order chi connectivity index (χ0) is 21.1. The first-order valence-electron chi connectivity index (χ1n) is 9.44. The van der Waals surface area contributed by atoms with E-state index in [9.17, 15) is 4.79 Å². The molecular weight excluding hydrogens is 418 g/mol. The molecule has 0 unspecified atom stereocenters. The number of nitrogens with zero attached hydrogens (tertiary/aromatic N) is 6. The third kappa shape index (κ3) is 4.29. The summed E-state index contributed by atoms with van der Waals surface area (Å²) in [6.07, 6.45) is 1.64. The van der Waals surface area contributed by atoms with Crippen LogP contribution in [0.4, 0.5) is 5.69 Å². The van der Waals surface area contributed by atoms with Crippen LogP contribution in [0.1, 0.15) is 18.3 Å². The zero-order valence-corrected chi connectivity index (χ0v) is 18.5. The molecule has 0 aliphatic heterocycles. The van der Waals surface area contributed by atoms with E-state index in [1.54, 1.807) is 22.2 Å². The van der Waals surface area contributed by atoms with Crippen molar-refractivity contribution >= 4 is 34.7 Å². The summed E-state index contributed by atoms with van der Waals surface area (Å²) in [5.74, 6) is 1.66. The Bertz CT molecular complexity index is 1150. The number of aromatic nitrogens is 6. The molecule has 10 heteroatoms. The van der Waals surface area contributed by atoms with Gasteiger partial charge in [-0.25, -0.2) is 9.67 Å². The molecule has 0 atom stereocenters. The van der Waals surface area contributed by atoms with Gasteiger partial charge in [0.2, 0.25) is 5.91 Å². The van der Waals surface area contributed by atoms with Gasteiger partial charge in [-0.3, -0.25) is 4.79 Å². The Morgan fingerprint density at radius 3 is 2.73 bits per heavy atom. The molecule has 0 fully saturated rings. The van der Waals surface area contributed by atoms with Gasteiger partial charge in [-0.2, -0.15) is 5.10 Å². The van der Waals surface area contributed by atoms with E-state index in [4.69, 9.17) is 0 Å². The molecule has 4 heterocycles. The maximum atomic E-state index is 12.4. The lowest BCUT2D eigenvalue weighted by Gasteiger charge is -2.08. The van der Waals surface area contributed by atoms with Crippen molar-refractivity contribution in [2.24, 2.45) is 0 Å². The van der Waals surface area contributed by atoms with E-state index in [-0.39, 0.29) is 11.7 Å². The summed E-state index contributed by atoms with van der Waals surface area (Å²) in [5, 5.41) is 18.6. The summed E-state index contributed by atoms with van der Waals surface area (Å²) in [7, 11) is 0. The minimum atomic E-state index is -0.121. The molecule has 30 heavy (non-hydrogen) atoms. The maximum Gasteiger partial charge on any atom is 0.234 e. The predicted molar refractivity (Wildman–Crippen MR) is 119 cm³/mol. The maximum absolute atomic E-state index is 12.4. The van der Waals surface area contributed by atoms with E-state index in [0.717, 1.165) is 33.8 Å². The van der Waals surface area contributed by atoms with Crippen LogP contribution in [0.3, 0.4) is 0 Å². The van der Waals surface area contributed by atoms with Gasteiger partial charge in [0.15, 0.2) is 16.8 Å². The number of thioether (sulfide) groups is 1. The van der Waals surface area contributed by atoms with E-state index in [2.05, 4.69) is 25.6 Å².